The van der Waals surface area contributed by atoms with E-state index < -0.39 is 11.6 Å². The number of rotatable bonds is 5. The Morgan fingerprint density at radius 1 is 1.36 bits per heavy atom. The van der Waals surface area contributed by atoms with Crippen LogP contribution in [0.15, 0.2) is 22.6 Å². The Bertz CT molecular complexity index is 725. The molecular formula is C18H24N2O5. The van der Waals surface area contributed by atoms with Gasteiger partial charge in [0.25, 0.3) is 0 Å². The van der Waals surface area contributed by atoms with Crippen molar-refractivity contribution in [2.24, 2.45) is 11.8 Å². The number of fused-ring (bicyclic) bond motifs is 4. The molecule has 0 aromatic carbocycles. The maximum atomic E-state index is 13.1. The predicted octanol–water partition coefficient (Wildman–Crippen LogP) is -0.0403. The van der Waals surface area contributed by atoms with E-state index in [0.29, 0.717) is 30.0 Å². The van der Waals surface area contributed by atoms with E-state index in [2.05, 4.69) is 5.32 Å². The van der Waals surface area contributed by atoms with Crippen LogP contribution in [0.5, 0.6) is 0 Å². The van der Waals surface area contributed by atoms with E-state index in [1.165, 1.54) is 0 Å². The SMILES string of the molecule is COC12C(CO)C3=C(C(=O)C(C)=C(OCC(C)C)C3=O)N1CC1NC12. The number of hydrogen-bond acceptors (Lipinski definition) is 7. The Hall–Kier alpha value is -1.70. The molecular weight excluding hydrogens is 324 g/mol. The van der Waals surface area contributed by atoms with Crippen molar-refractivity contribution < 1.29 is 24.2 Å². The number of ketones is 2. The molecule has 4 unspecified atom stereocenters. The molecule has 0 radical (unpaired) electrons. The predicted molar refractivity (Wildman–Crippen MR) is 88.3 cm³/mol. The maximum Gasteiger partial charge on any atom is 0.226 e. The molecule has 2 N–H and O–H groups in total. The topological polar surface area (TPSA) is 98.0 Å². The number of Topliss-reactive ketones (excluding diaryl/α,β-unsaturated/α-hetero) is 2. The number of piperazine rings is 1. The van der Waals surface area contributed by atoms with Gasteiger partial charge in [-0.1, -0.05) is 13.8 Å². The molecule has 0 spiro atoms. The van der Waals surface area contributed by atoms with Crippen molar-refractivity contribution in [2.75, 3.05) is 26.9 Å². The summed E-state index contributed by atoms with van der Waals surface area (Å²) >= 11 is 0. The molecule has 3 aliphatic heterocycles. The Morgan fingerprint density at radius 3 is 2.68 bits per heavy atom. The van der Waals surface area contributed by atoms with Gasteiger partial charge in [0.2, 0.25) is 11.6 Å². The Kier molecular flexibility index (Phi) is 3.62. The largest absolute Gasteiger partial charge is 0.489 e. The third kappa shape index (κ3) is 1.97. The lowest BCUT2D eigenvalue weighted by atomic mass is 9.83. The first-order chi connectivity index (χ1) is 11.9. The fraction of sp³-hybridized carbons (Fsp3) is 0.667. The van der Waals surface area contributed by atoms with Crippen LogP contribution in [0.1, 0.15) is 20.8 Å². The van der Waals surface area contributed by atoms with Gasteiger partial charge in [0.1, 0.15) is 0 Å². The van der Waals surface area contributed by atoms with Crippen LogP contribution in [0.4, 0.5) is 0 Å². The van der Waals surface area contributed by atoms with Gasteiger partial charge in [0, 0.05) is 30.8 Å². The molecule has 0 bridgehead atoms. The molecule has 4 aliphatic rings. The molecule has 2 fully saturated rings. The van der Waals surface area contributed by atoms with Gasteiger partial charge in [-0.25, -0.2) is 0 Å². The number of aliphatic hydroxyl groups excluding tert-OH is 1. The molecule has 0 aromatic rings. The van der Waals surface area contributed by atoms with E-state index in [-0.39, 0.29) is 41.9 Å². The number of carbonyl (C=O) groups excluding carboxylic acids is 2. The van der Waals surface area contributed by atoms with E-state index in [0.717, 1.165) is 0 Å². The van der Waals surface area contributed by atoms with Crippen LogP contribution in [0, 0.1) is 11.8 Å². The quantitative estimate of drug-likeness (QED) is 0.531. The molecule has 25 heavy (non-hydrogen) atoms. The molecule has 0 amide bonds. The first-order valence-electron chi connectivity index (χ1n) is 8.75. The summed E-state index contributed by atoms with van der Waals surface area (Å²) in [7, 11) is 1.57. The normalized spacial score (nSPS) is 36.2. The van der Waals surface area contributed by atoms with Crippen LogP contribution >= 0.6 is 0 Å². The zero-order valence-corrected chi connectivity index (χ0v) is 15.0. The third-order valence-corrected chi connectivity index (χ3v) is 5.72. The van der Waals surface area contributed by atoms with Gasteiger partial charge in [0.15, 0.2) is 11.5 Å². The van der Waals surface area contributed by atoms with Gasteiger partial charge in [-0.2, -0.15) is 0 Å². The van der Waals surface area contributed by atoms with E-state index >= 15 is 0 Å². The minimum absolute atomic E-state index is 0.0150. The standard InChI is InChI=1S/C18H24N2O5/c1-8(2)7-25-16-9(3)14(22)13-12(15(16)23)10(6-21)18(24-4)17-11(19-17)5-20(13)18/h8,10-11,17,19,21H,5-7H2,1-4H3. The van der Waals surface area contributed by atoms with Crippen molar-refractivity contribution >= 4 is 11.6 Å². The molecule has 1 aliphatic carbocycles. The Labute approximate surface area is 146 Å². The summed E-state index contributed by atoms with van der Waals surface area (Å²) in [6, 6.07) is 0.245. The molecule has 2 saturated heterocycles. The number of methoxy groups -OCH3 is 1. The van der Waals surface area contributed by atoms with Gasteiger partial charge in [0.05, 0.1) is 30.9 Å². The van der Waals surface area contributed by atoms with E-state index in [1.807, 2.05) is 18.7 Å². The summed E-state index contributed by atoms with van der Waals surface area (Å²) in [6.45, 7) is 6.30. The summed E-state index contributed by atoms with van der Waals surface area (Å²) in [5.74, 6) is -0.717. The lowest BCUT2D eigenvalue weighted by molar-refractivity contribution is -0.137. The van der Waals surface area contributed by atoms with Gasteiger partial charge >= 0.3 is 0 Å². The van der Waals surface area contributed by atoms with Crippen molar-refractivity contribution in [3.8, 4) is 0 Å². The van der Waals surface area contributed by atoms with Crippen LogP contribution in [0.2, 0.25) is 0 Å². The first kappa shape index (κ1) is 16.8. The van der Waals surface area contributed by atoms with Crippen LogP contribution in [-0.2, 0) is 19.1 Å². The smallest absolute Gasteiger partial charge is 0.226 e. The molecule has 7 heteroatoms. The average molecular weight is 348 g/mol. The highest BCUT2D eigenvalue weighted by atomic mass is 16.5. The Morgan fingerprint density at radius 2 is 2.08 bits per heavy atom. The number of allylic oxidation sites excluding steroid dienone is 2. The summed E-state index contributed by atoms with van der Waals surface area (Å²) < 4.78 is 11.5. The number of nitrogens with zero attached hydrogens (tertiary/aromatic N) is 1. The average Bonchev–Trinajstić information content (AvgIpc) is 3.18. The molecule has 7 nitrogen and oxygen atoms in total. The second-order valence-corrected chi connectivity index (χ2v) is 7.63. The number of aliphatic hydroxyl groups is 1. The molecule has 4 atom stereocenters. The second-order valence-electron chi connectivity index (χ2n) is 7.63. The number of carbonyl (C=O) groups is 2. The zero-order chi connectivity index (χ0) is 18.1. The fourth-order valence-electron chi connectivity index (χ4n) is 4.55. The molecule has 0 aromatic heterocycles. The minimum Gasteiger partial charge on any atom is -0.489 e. The lowest BCUT2D eigenvalue weighted by Gasteiger charge is -2.39. The van der Waals surface area contributed by atoms with Crippen molar-refractivity contribution in [3.63, 3.8) is 0 Å². The highest BCUT2D eigenvalue weighted by molar-refractivity contribution is 6.25. The fourth-order valence-corrected chi connectivity index (χ4v) is 4.55. The molecule has 0 saturated carbocycles. The molecule has 4 rings (SSSR count). The number of nitrogens with one attached hydrogen (secondary N) is 1. The van der Waals surface area contributed by atoms with E-state index in [9.17, 15) is 14.7 Å². The molecule has 3 heterocycles. The Balaban J connectivity index is 1.77. The number of hydrogen-bond donors (Lipinski definition) is 2. The minimum atomic E-state index is -0.872. The highest BCUT2D eigenvalue weighted by Gasteiger charge is 2.72. The van der Waals surface area contributed by atoms with Crippen LogP contribution in [0.3, 0.4) is 0 Å². The summed E-state index contributed by atoms with van der Waals surface area (Å²) in [6.07, 6.45) is 0. The maximum absolute atomic E-state index is 13.1. The first-order valence-corrected chi connectivity index (χ1v) is 8.75. The second kappa shape index (κ2) is 5.40. The molecule has 136 valence electrons. The van der Waals surface area contributed by atoms with Crippen molar-refractivity contribution in [3.05, 3.63) is 22.6 Å². The van der Waals surface area contributed by atoms with Gasteiger partial charge in [-0.05, 0) is 12.8 Å². The van der Waals surface area contributed by atoms with Gasteiger partial charge in [-0.15, -0.1) is 0 Å². The van der Waals surface area contributed by atoms with Crippen LogP contribution in [-0.4, -0.2) is 66.2 Å². The van der Waals surface area contributed by atoms with Crippen LogP contribution in [0.25, 0.3) is 0 Å². The van der Waals surface area contributed by atoms with Crippen molar-refractivity contribution in [1.82, 2.24) is 10.2 Å². The monoisotopic (exact) mass is 348 g/mol. The van der Waals surface area contributed by atoms with Crippen molar-refractivity contribution in [1.29, 1.82) is 0 Å². The zero-order valence-electron chi connectivity index (χ0n) is 15.0. The summed E-state index contributed by atoms with van der Waals surface area (Å²) in [5, 5.41) is 13.4. The van der Waals surface area contributed by atoms with Gasteiger partial charge in [-0.3, -0.25) is 9.59 Å². The summed E-state index contributed by atoms with van der Waals surface area (Å²) in [5.41, 5.74) is 0.185. The number of ether oxygens (including phenoxy) is 2. The van der Waals surface area contributed by atoms with Crippen molar-refractivity contribution in [2.45, 2.75) is 38.6 Å². The summed E-state index contributed by atoms with van der Waals surface area (Å²) in [4.78, 5) is 28.1. The van der Waals surface area contributed by atoms with E-state index in [1.54, 1.807) is 14.0 Å². The van der Waals surface area contributed by atoms with Crippen LogP contribution < -0.4 is 5.32 Å². The highest BCUT2D eigenvalue weighted by Crippen LogP contribution is 2.55. The lowest BCUT2D eigenvalue weighted by Crippen LogP contribution is -2.54. The van der Waals surface area contributed by atoms with E-state index in [4.69, 9.17) is 9.47 Å². The van der Waals surface area contributed by atoms with Gasteiger partial charge < -0.3 is 24.8 Å². The third-order valence-electron chi connectivity index (χ3n) is 5.72.